The Morgan fingerprint density at radius 1 is 0.588 bits per heavy atom. The van der Waals surface area contributed by atoms with E-state index in [9.17, 15) is 14.4 Å². The zero-order valence-corrected chi connectivity index (χ0v) is 18.1. The third kappa shape index (κ3) is 5.37. The molecule has 6 nitrogen and oxygen atoms in total. The number of carbonyl (C=O) groups excluding carboxylic acids is 2. The van der Waals surface area contributed by atoms with Crippen LogP contribution in [-0.4, -0.2) is 22.9 Å². The Bertz CT molecular complexity index is 1260. The number of nitrogens with one attached hydrogen (secondary N) is 2. The van der Waals surface area contributed by atoms with Gasteiger partial charge < -0.3 is 15.7 Å². The summed E-state index contributed by atoms with van der Waals surface area (Å²) >= 11 is 0. The SMILES string of the molecule is O=C(O)c1cccc(NC(=O)c2ccc(NC(=O)C(c3ccccc3)c3ccccc3)cc2)c1. The van der Waals surface area contributed by atoms with Crippen molar-refractivity contribution in [2.75, 3.05) is 10.6 Å². The summed E-state index contributed by atoms with van der Waals surface area (Å²) in [5, 5.41) is 14.7. The average Bonchev–Trinajstić information content (AvgIpc) is 2.86. The van der Waals surface area contributed by atoms with Crippen LogP contribution in [0.5, 0.6) is 0 Å². The van der Waals surface area contributed by atoms with Gasteiger partial charge in [-0.3, -0.25) is 9.59 Å². The molecule has 0 saturated carbocycles. The summed E-state index contributed by atoms with van der Waals surface area (Å²) in [4.78, 5) is 36.9. The van der Waals surface area contributed by atoms with Crippen LogP contribution in [0.1, 0.15) is 37.8 Å². The molecule has 0 unspecified atom stereocenters. The lowest BCUT2D eigenvalue weighted by atomic mass is 9.90. The molecule has 0 heterocycles. The summed E-state index contributed by atoms with van der Waals surface area (Å²) in [6.07, 6.45) is 0. The lowest BCUT2D eigenvalue weighted by Gasteiger charge is -2.18. The van der Waals surface area contributed by atoms with E-state index >= 15 is 0 Å². The van der Waals surface area contributed by atoms with E-state index < -0.39 is 11.9 Å². The van der Waals surface area contributed by atoms with E-state index in [0.717, 1.165) is 11.1 Å². The van der Waals surface area contributed by atoms with Gasteiger partial charge in [0.05, 0.1) is 11.5 Å². The molecule has 0 atom stereocenters. The van der Waals surface area contributed by atoms with Gasteiger partial charge in [0.25, 0.3) is 5.91 Å². The van der Waals surface area contributed by atoms with E-state index in [1.54, 1.807) is 36.4 Å². The molecule has 0 aliphatic rings. The molecule has 0 aliphatic heterocycles. The van der Waals surface area contributed by atoms with Gasteiger partial charge in [0.15, 0.2) is 0 Å². The molecule has 4 rings (SSSR count). The van der Waals surface area contributed by atoms with Crippen molar-refractivity contribution in [3.05, 3.63) is 131 Å². The molecule has 0 aromatic heterocycles. The summed E-state index contributed by atoms with van der Waals surface area (Å²) < 4.78 is 0. The second-order valence-electron chi connectivity index (χ2n) is 7.66. The van der Waals surface area contributed by atoms with Gasteiger partial charge in [-0.2, -0.15) is 0 Å². The fraction of sp³-hybridized carbons (Fsp3) is 0.0357. The number of carboxylic acids is 1. The van der Waals surface area contributed by atoms with Gasteiger partial charge >= 0.3 is 5.97 Å². The molecule has 4 aromatic rings. The standard InChI is InChI=1S/C28H22N2O4/c31-26(30-24-13-7-12-22(18-24)28(33)34)21-14-16-23(17-15-21)29-27(32)25(19-8-3-1-4-9-19)20-10-5-2-6-11-20/h1-18,25H,(H,29,32)(H,30,31)(H,33,34). The molecule has 0 spiro atoms. The second-order valence-corrected chi connectivity index (χ2v) is 7.66. The number of hydrogen-bond acceptors (Lipinski definition) is 3. The largest absolute Gasteiger partial charge is 0.478 e. The molecule has 0 fully saturated rings. The molecular formula is C28H22N2O4. The Balaban J connectivity index is 1.48. The summed E-state index contributed by atoms with van der Waals surface area (Å²) in [5.74, 6) is -2.11. The van der Waals surface area contributed by atoms with Crippen LogP contribution < -0.4 is 10.6 Å². The van der Waals surface area contributed by atoms with Crippen LogP contribution in [0.2, 0.25) is 0 Å². The van der Waals surface area contributed by atoms with Crippen LogP contribution in [0.4, 0.5) is 11.4 Å². The minimum absolute atomic E-state index is 0.0854. The van der Waals surface area contributed by atoms with E-state index in [0.29, 0.717) is 16.9 Å². The predicted octanol–water partition coefficient (Wildman–Crippen LogP) is 5.41. The third-order valence-electron chi connectivity index (χ3n) is 5.31. The van der Waals surface area contributed by atoms with Crippen molar-refractivity contribution in [1.82, 2.24) is 0 Å². The fourth-order valence-electron chi connectivity index (χ4n) is 3.64. The molecule has 3 N–H and O–H groups in total. The number of anilines is 2. The lowest BCUT2D eigenvalue weighted by Crippen LogP contribution is -2.22. The normalized spacial score (nSPS) is 10.5. The van der Waals surface area contributed by atoms with Crippen molar-refractivity contribution in [3.63, 3.8) is 0 Å². The maximum atomic E-state index is 13.2. The summed E-state index contributed by atoms with van der Waals surface area (Å²) in [6, 6.07) is 31.7. The number of amides is 2. The van der Waals surface area contributed by atoms with Crippen LogP contribution >= 0.6 is 0 Å². The summed E-state index contributed by atoms with van der Waals surface area (Å²) in [6.45, 7) is 0. The van der Waals surface area contributed by atoms with E-state index in [-0.39, 0.29) is 17.4 Å². The smallest absolute Gasteiger partial charge is 0.335 e. The molecular weight excluding hydrogens is 428 g/mol. The molecule has 0 saturated heterocycles. The summed E-state index contributed by atoms with van der Waals surface area (Å²) in [7, 11) is 0. The Hall–Kier alpha value is -4.71. The maximum Gasteiger partial charge on any atom is 0.335 e. The van der Waals surface area contributed by atoms with E-state index in [1.165, 1.54) is 12.1 Å². The molecule has 168 valence electrons. The predicted molar refractivity (Wildman–Crippen MR) is 131 cm³/mol. The molecule has 6 heteroatoms. The third-order valence-corrected chi connectivity index (χ3v) is 5.31. The highest BCUT2D eigenvalue weighted by molar-refractivity contribution is 6.05. The van der Waals surface area contributed by atoms with E-state index in [4.69, 9.17) is 5.11 Å². The van der Waals surface area contributed by atoms with Gasteiger partial charge in [0.2, 0.25) is 5.91 Å². The van der Waals surface area contributed by atoms with Crippen molar-refractivity contribution in [2.24, 2.45) is 0 Å². The second kappa shape index (κ2) is 10.3. The minimum atomic E-state index is -1.07. The van der Waals surface area contributed by atoms with Gasteiger partial charge in [-0.25, -0.2) is 4.79 Å². The first-order chi connectivity index (χ1) is 16.5. The van der Waals surface area contributed by atoms with Gasteiger partial charge in [-0.15, -0.1) is 0 Å². The lowest BCUT2D eigenvalue weighted by molar-refractivity contribution is -0.116. The van der Waals surface area contributed by atoms with Crippen molar-refractivity contribution in [1.29, 1.82) is 0 Å². The van der Waals surface area contributed by atoms with Crippen molar-refractivity contribution < 1.29 is 19.5 Å². The Morgan fingerprint density at radius 3 is 1.74 bits per heavy atom. The Labute approximate surface area is 196 Å². The Kier molecular flexibility index (Phi) is 6.79. The number of benzene rings is 4. The van der Waals surface area contributed by atoms with Crippen molar-refractivity contribution in [3.8, 4) is 0 Å². The molecule has 0 bridgehead atoms. The number of carboxylic acid groups (broad SMARTS) is 1. The molecule has 0 aliphatic carbocycles. The maximum absolute atomic E-state index is 13.2. The molecule has 0 radical (unpaired) electrons. The fourth-order valence-corrected chi connectivity index (χ4v) is 3.64. The molecule has 34 heavy (non-hydrogen) atoms. The van der Waals surface area contributed by atoms with E-state index in [2.05, 4.69) is 10.6 Å². The first-order valence-corrected chi connectivity index (χ1v) is 10.7. The van der Waals surface area contributed by atoms with E-state index in [1.807, 2.05) is 60.7 Å². The zero-order valence-electron chi connectivity index (χ0n) is 18.1. The number of hydrogen-bond donors (Lipinski definition) is 3. The van der Waals surface area contributed by atoms with Crippen LogP contribution in [0.3, 0.4) is 0 Å². The van der Waals surface area contributed by atoms with Gasteiger partial charge in [-0.1, -0.05) is 66.7 Å². The minimum Gasteiger partial charge on any atom is -0.478 e. The zero-order chi connectivity index (χ0) is 23.9. The number of aromatic carboxylic acids is 1. The summed E-state index contributed by atoms with van der Waals surface area (Å²) in [5.41, 5.74) is 3.17. The van der Waals surface area contributed by atoms with Crippen molar-refractivity contribution in [2.45, 2.75) is 5.92 Å². The van der Waals surface area contributed by atoms with Gasteiger partial charge in [-0.05, 0) is 53.6 Å². The van der Waals surface area contributed by atoms with Crippen LogP contribution in [0, 0.1) is 0 Å². The molecule has 4 aromatic carbocycles. The van der Waals surface area contributed by atoms with Gasteiger partial charge in [0.1, 0.15) is 0 Å². The first kappa shape index (κ1) is 22.5. The Morgan fingerprint density at radius 2 is 1.18 bits per heavy atom. The monoisotopic (exact) mass is 450 g/mol. The number of carbonyl (C=O) groups is 3. The highest BCUT2D eigenvalue weighted by Gasteiger charge is 2.22. The topological polar surface area (TPSA) is 95.5 Å². The quantitative estimate of drug-likeness (QED) is 0.351. The van der Waals surface area contributed by atoms with Crippen LogP contribution in [0.25, 0.3) is 0 Å². The highest BCUT2D eigenvalue weighted by Crippen LogP contribution is 2.26. The number of rotatable bonds is 7. The highest BCUT2D eigenvalue weighted by atomic mass is 16.4. The van der Waals surface area contributed by atoms with Gasteiger partial charge in [0, 0.05) is 16.9 Å². The average molecular weight is 450 g/mol. The van der Waals surface area contributed by atoms with Crippen molar-refractivity contribution >= 4 is 29.2 Å². The first-order valence-electron chi connectivity index (χ1n) is 10.7. The van der Waals surface area contributed by atoms with Crippen LogP contribution in [0.15, 0.2) is 109 Å². The van der Waals surface area contributed by atoms with Crippen LogP contribution in [-0.2, 0) is 4.79 Å². The molecule has 2 amide bonds.